The lowest BCUT2D eigenvalue weighted by Crippen LogP contribution is -2.05. The lowest BCUT2D eigenvalue weighted by Gasteiger charge is -2.20. The van der Waals surface area contributed by atoms with E-state index in [2.05, 4.69) is 53.7 Å². The van der Waals surface area contributed by atoms with Crippen LogP contribution in [0.3, 0.4) is 0 Å². The van der Waals surface area contributed by atoms with Gasteiger partial charge in [0.2, 0.25) is 0 Å². The molecule has 0 amide bonds. The smallest absolute Gasteiger partial charge is 0.298 e. The molecule has 0 heterocycles. The minimum atomic E-state index is 0.344. The van der Waals surface area contributed by atoms with Gasteiger partial charge in [0.25, 0.3) is 6.47 Å². The molecule has 2 heteroatoms. The summed E-state index contributed by atoms with van der Waals surface area (Å²) >= 11 is 0. The molecule has 0 atom stereocenters. The van der Waals surface area contributed by atoms with Crippen LogP contribution in [0.5, 0.6) is 5.75 Å². The highest BCUT2D eigenvalue weighted by Crippen LogP contribution is 2.37. The zero-order valence-corrected chi connectivity index (χ0v) is 12.3. The quantitative estimate of drug-likeness (QED) is 0.712. The van der Waals surface area contributed by atoms with Gasteiger partial charge in [-0.05, 0) is 34.4 Å². The third-order valence-corrected chi connectivity index (χ3v) is 3.25. The van der Waals surface area contributed by atoms with E-state index < -0.39 is 0 Å². The second kappa shape index (κ2) is 6.03. The SMILES string of the molecule is CC(C)c1cc(C(C)C)c(OC=O)c(C(C)C)c1. The molecule has 0 aliphatic heterocycles. The van der Waals surface area contributed by atoms with Gasteiger partial charge < -0.3 is 4.74 Å². The molecule has 0 N–H and O–H groups in total. The highest BCUT2D eigenvalue weighted by Gasteiger charge is 2.18. The zero-order valence-electron chi connectivity index (χ0n) is 12.3. The normalized spacial score (nSPS) is 11.4. The van der Waals surface area contributed by atoms with Gasteiger partial charge in [0, 0.05) is 0 Å². The fourth-order valence-electron chi connectivity index (χ4n) is 2.07. The highest BCUT2D eigenvalue weighted by molar-refractivity contribution is 5.55. The van der Waals surface area contributed by atoms with E-state index in [4.69, 9.17) is 4.74 Å². The lowest BCUT2D eigenvalue weighted by atomic mass is 9.88. The summed E-state index contributed by atoms with van der Waals surface area (Å²) in [6, 6.07) is 4.33. The van der Waals surface area contributed by atoms with Crippen molar-refractivity contribution >= 4 is 6.47 Å². The number of ether oxygens (including phenoxy) is 1. The van der Waals surface area contributed by atoms with Crippen molar-refractivity contribution in [2.75, 3.05) is 0 Å². The van der Waals surface area contributed by atoms with Crippen molar-refractivity contribution in [2.24, 2.45) is 0 Å². The number of benzene rings is 1. The van der Waals surface area contributed by atoms with Gasteiger partial charge in [-0.2, -0.15) is 0 Å². The van der Waals surface area contributed by atoms with E-state index in [9.17, 15) is 4.79 Å². The first-order chi connectivity index (χ1) is 8.38. The fourth-order valence-corrected chi connectivity index (χ4v) is 2.07. The van der Waals surface area contributed by atoms with Gasteiger partial charge >= 0.3 is 0 Å². The van der Waals surface area contributed by atoms with Crippen LogP contribution in [0.25, 0.3) is 0 Å². The van der Waals surface area contributed by atoms with Crippen molar-refractivity contribution in [1.82, 2.24) is 0 Å². The lowest BCUT2D eigenvalue weighted by molar-refractivity contribution is -0.120. The summed E-state index contributed by atoms with van der Waals surface area (Å²) in [5.41, 5.74) is 3.55. The third-order valence-electron chi connectivity index (χ3n) is 3.25. The van der Waals surface area contributed by atoms with Crippen LogP contribution in [-0.2, 0) is 4.79 Å². The van der Waals surface area contributed by atoms with Crippen molar-refractivity contribution in [1.29, 1.82) is 0 Å². The van der Waals surface area contributed by atoms with Crippen LogP contribution in [0.4, 0.5) is 0 Å². The molecule has 0 radical (unpaired) electrons. The minimum absolute atomic E-state index is 0.344. The summed E-state index contributed by atoms with van der Waals surface area (Å²) in [7, 11) is 0. The summed E-state index contributed by atoms with van der Waals surface area (Å²) in [4.78, 5) is 10.7. The van der Waals surface area contributed by atoms with Crippen molar-refractivity contribution in [3.63, 3.8) is 0 Å². The Morgan fingerprint density at radius 2 is 1.33 bits per heavy atom. The molecule has 0 aliphatic carbocycles. The molecule has 0 saturated heterocycles. The predicted octanol–water partition coefficient (Wildman–Crippen LogP) is 4.59. The van der Waals surface area contributed by atoms with Crippen LogP contribution < -0.4 is 4.74 Å². The summed E-state index contributed by atoms with van der Waals surface area (Å²) in [6.07, 6.45) is 0. The van der Waals surface area contributed by atoms with Gasteiger partial charge in [-0.25, -0.2) is 0 Å². The standard InChI is InChI=1S/C16H24O2/c1-10(2)13-7-14(11(3)4)16(18-9-17)15(8-13)12(5)6/h7-12H,1-6H3. The van der Waals surface area contributed by atoms with Crippen LogP contribution in [0.2, 0.25) is 0 Å². The number of carbonyl (C=O) groups excluding carboxylic acids is 1. The number of hydrogen-bond donors (Lipinski definition) is 0. The Morgan fingerprint density at radius 3 is 1.61 bits per heavy atom. The van der Waals surface area contributed by atoms with E-state index in [1.807, 2.05) is 0 Å². The number of carbonyl (C=O) groups is 1. The maximum absolute atomic E-state index is 10.7. The molecular formula is C16H24O2. The van der Waals surface area contributed by atoms with Gasteiger partial charge in [-0.1, -0.05) is 53.7 Å². The van der Waals surface area contributed by atoms with Crippen LogP contribution >= 0.6 is 0 Å². The van der Waals surface area contributed by atoms with Crippen LogP contribution in [0.15, 0.2) is 12.1 Å². The Morgan fingerprint density at radius 1 is 0.889 bits per heavy atom. The Kier molecular flexibility index (Phi) is 4.94. The van der Waals surface area contributed by atoms with Crippen molar-refractivity contribution in [3.05, 3.63) is 28.8 Å². The first kappa shape index (κ1) is 14.7. The average molecular weight is 248 g/mol. The molecule has 0 saturated carbocycles. The maximum Gasteiger partial charge on any atom is 0.298 e. The van der Waals surface area contributed by atoms with E-state index >= 15 is 0 Å². The first-order valence-electron chi connectivity index (χ1n) is 6.66. The summed E-state index contributed by atoms with van der Waals surface area (Å²) in [5, 5.41) is 0. The highest BCUT2D eigenvalue weighted by atomic mass is 16.5. The Bertz CT molecular complexity index is 388. The molecule has 2 nitrogen and oxygen atoms in total. The van der Waals surface area contributed by atoms with Crippen LogP contribution in [-0.4, -0.2) is 6.47 Å². The molecule has 0 aliphatic rings. The van der Waals surface area contributed by atoms with Gasteiger partial charge in [0.15, 0.2) is 0 Å². The summed E-state index contributed by atoms with van der Waals surface area (Å²) in [5.74, 6) is 1.91. The second-order valence-corrected chi connectivity index (χ2v) is 5.71. The second-order valence-electron chi connectivity index (χ2n) is 5.71. The van der Waals surface area contributed by atoms with Gasteiger partial charge in [-0.3, -0.25) is 4.79 Å². The zero-order chi connectivity index (χ0) is 13.9. The van der Waals surface area contributed by atoms with Gasteiger partial charge in [0.1, 0.15) is 5.75 Å². The Balaban J connectivity index is 3.49. The summed E-state index contributed by atoms with van der Waals surface area (Å²) < 4.78 is 5.24. The van der Waals surface area contributed by atoms with E-state index in [0.29, 0.717) is 24.2 Å². The molecule has 0 aromatic heterocycles. The molecule has 0 fully saturated rings. The topological polar surface area (TPSA) is 26.3 Å². The molecular weight excluding hydrogens is 224 g/mol. The average Bonchev–Trinajstić information content (AvgIpc) is 2.28. The molecule has 1 rings (SSSR count). The molecule has 0 bridgehead atoms. The van der Waals surface area contributed by atoms with E-state index in [1.54, 1.807) is 0 Å². The predicted molar refractivity (Wildman–Crippen MR) is 75.4 cm³/mol. The number of rotatable bonds is 5. The summed E-state index contributed by atoms with van der Waals surface area (Å²) in [6.45, 7) is 13.4. The maximum atomic E-state index is 10.7. The van der Waals surface area contributed by atoms with Crippen LogP contribution in [0, 0.1) is 0 Å². The molecule has 0 spiro atoms. The first-order valence-corrected chi connectivity index (χ1v) is 6.66. The molecule has 1 aromatic rings. The monoisotopic (exact) mass is 248 g/mol. The van der Waals surface area contributed by atoms with Crippen molar-refractivity contribution < 1.29 is 9.53 Å². The van der Waals surface area contributed by atoms with Crippen molar-refractivity contribution in [2.45, 2.75) is 59.3 Å². The molecule has 18 heavy (non-hydrogen) atoms. The minimum Gasteiger partial charge on any atom is -0.428 e. The van der Waals surface area contributed by atoms with E-state index in [-0.39, 0.29) is 0 Å². The Labute approximate surface area is 110 Å². The Hall–Kier alpha value is -1.31. The molecule has 0 unspecified atom stereocenters. The molecule has 1 aromatic carbocycles. The third kappa shape index (κ3) is 3.12. The number of hydrogen-bond acceptors (Lipinski definition) is 2. The fraction of sp³-hybridized carbons (Fsp3) is 0.562. The van der Waals surface area contributed by atoms with Crippen LogP contribution in [0.1, 0.15) is 76.0 Å². The largest absolute Gasteiger partial charge is 0.428 e. The van der Waals surface area contributed by atoms with Crippen molar-refractivity contribution in [3.8, 4) is 5.75 Å². The van der Waals surface area contributed by atoms with Gasteiger partial charge in [0.05, 0.1) is 0 Å². The molecule has 100 valence electrons. The van der Waals surface area contributed by atoms with E-state index in [0.717, 1.165) is 16.9 Å². The van der Waals surface area contributed by atoms with E-state index in [1.165, 1.54) is 5.56 Å². The van der Waals surface area contributed by atoms with Gasteiger partial charge in [-0.15, -0.1) is 0 Å².